The van der Waals surface area contributed by atoms with Gasteiger partial charge in [0.05, 0.1) is 7.11 Å². The molecule has 0 aliphatic carbocycles. The third-order valence-electron chi connectivity index (χ3n) is 6.05. The van der Waals surface area contributed by atoms with Gasteiger partial charge in [0.15, 0.2) is 0 Å². The third kappa shape index (κ3) is 6.76. The molecule has 3 aromatic carbocycles. The number of nitrogens with zero attached hydrogens (tertiary/aromatic N) is 1. The molecule has 0 saturated heterocycles. The highest BCUT2D eigenvalue weighted by molar-refractivity contribution is 5.69. The fourth-order valence-electron chi connectivity index (χ4n) is 3.95. The summed E-state index contributed by atoms with van der Waals surface area (Å²) < 4.78 is 10.6. The van der Waals surface area contributed by atoms with Crippen LogP contribution < -0.4 is 9.64 Å². The molecular formula is C30H32N2O3. The molecule has 0 atom stereocenters. The van der Waals surface area contributed by atoms with Gasteiger partial charge in [-0.05, 0) is 59.9 Å². The van der Waals surface area contributed by atoms with Crippen molar-refractivity contribution in [3.8, 4) is 17.0 Å². The second kappa shape index (κ2) is 11.9. The molecule has 0 aliphatic heterocycles. The number of hydrogen-bond acceptors (Lipinski definition) is 4. The molecule has 1 aromatic heterocycles. The minimum Gasteiger partial charge on any atom is -0.489 e. The molecular weight excluding hydrogens is 436 g/mol. The van der Waals surface area contributed by atoms with E-state index in [1.807, 2.05) is 30.3 Å². The van der Waals surface area contributed by atoms with E-state index in [4.69, 9.17) is 9.47 Å². The number of aromatic nitrogens is 1. The van der Waals surface area contributed by atoms with Gasteiger partial charge in [0.25, 0.3) is 0 Å². The Hall–Kier alpha value is -3.99. The normalized spacial score (nSPS) is 10.7. The van der Waals surface area contributed by atoms with E-state index in [9.17, 15) is 4.79 Å². The average molecular weight is 469 g/mol. The van der Waals surface area contributed by atoms with Gasteiger partial charge in [0.1, 0.15) is 18.2 Å². The maximum Gasteiger partial charge on any atom is 0.305 e. The number of aryl methyl sites for hydroxylation is 1. The largest absolute Gasteiger partial charge is 0.489 e. The summed E-state index contributed by atoms with van der Waals surface area (Å²) >= 11 is 0. The SMILES string of the molecule is CCN(Cc1ccc(COc2ccc(CCC(=O)OC)cc2)cc1)c1ccc(-c2ccccc2)[nH]1. The van der Waals surface area contributed by atoms with Crippen molar-refractivity contribution in [3.63, 3.8) is 0 Å². The first kappa shape index (κ1) is 24.1. The average Bonchev–Trinajstić information content (AvgIpc) is 3.41. The van der Waals surface area contributed by atoms with Crippen molar-refractivity contribution in [2.24, 2.45) is 0 Å². The van der Waals surface area contributed by atoms with Crippen molar-refractivity contribution in [1.29, 1.82) is 0 Å². The predicted octanol–water partition coefficient (Wildman–Crippen LogP) is 6.39. The molecule has 5 nitrogen and oxygen atoms in total. The maximum absolute atomic E-state index is 11.3. The summed E-state index contributed by atoms with van der Waals surface area (Å²) in [5, 5.41) is 0. The van der Waals surface area contributed by atoms with E-state index < -0.39 is 0 Å². The quantitative estimate of drug-likeness (QED) is 0.259. The summed E-state index contributed by atoms with van der Waals surface area (Å²) in [6, 6.07) is 31.1. The number of benzene rings is 3. The van der Waals surface area contributed by atoms with Crippen molar-refractivity contribution in [2.45, 2.75) is 32.9 Å². The van der Waals surface area contributed by atoms with Crippen molar-refractivity contribution in [3.05, 3.63) is 108 Å². The van der Waals surface area contributed by atoms with Crippen LogP contribution in [-0.2, 0) is 29.1 Å². The summed E-state index contributed by atoms with van der Waals surface area (Å²) in [5.74, 6) is 1.74. The van der Waals surface area contributed by atoms with Gasteiger partial charge >= 0.3 is 5.97 Å². The smallest absolute Gasteiger partial charge is 0.305 e. The first-order valence-electron chi connectivity index (χ1n) is 12.0. The number of nitrogens with one attached hydrogen (secondary N) is 1. The lowest BCUT2D eigenvalue weighted by Gasteiger charge is -2.21. The Morgan fingerprint density at radius 2 is 1.51 bits per heavy atom. The Labute approximate surface area is 207 Å². The lowest BCUT2D eigenvalue weighted by atomic mass is 10.1. The van der Waals surface area contributed by atoms with Crippen LogP contribution in [0.3, 0.4) is 0 Å². The van der Waals surface area contributed by atoms with Crippen LogP contribution in [0.5, 0.6) is 5.75 Å². The van der Waals surface area contributed by atoms with Crippen LogP contribution in [0.2, 0.25) is 0 Å². The molecule has 0 unspecified atom stereocenters. The number of anilines is 1. The Bertz CT molecular complexity index is 1200. The molecule has 180 valence electrons. The van der Waals surface area contributed by atoms with E-state index in [1.165, 1.54) is 18.2 Å². The fraction of sp³-hybridized carbons (Fsp3) is 0.233. The van der Waals surface area contributed by atoms with E-state index in [0.29, 0.717) is 19.4 Å². The molecule has 0 saturated carbocycles. The summed E-state index contributed by atoms with van der Waals surface area (Å²) in [5.41, 5.74) is 5.78. The van der Waals surface area contributed by atoms with Crippen LogP contribution >= 0.6 is 0 Å². The van der Waals surface area contributed by atoms with Crippen LogP contribution in [0.1, 0.15) is 30.0 Å². The number of carbonyl (C=O) groups excluding carboxylic acids is 1. The molecule has 0 bridgehead atoms. The third-order valence-corrected chi connectivity index (χ3v) is 6.05. The van der Waals surface area contributed by atoms with Crippen LogP contribution in [0.25, 0.3) is 11.3 Å². The Balaban J connectivity index is 1.30. The minimum atomic E-state index is -0.194. The van der Waals surface area contributed by atoms with E-state index in [1.54, 1.807) is 0 Å². The molecule has 4 rings (SSSR count). The number of H-pyrrole nitrogens is 1. The second-order valence-corrected chi connectivity index (χ2v) is 8.46. The highest BCUT2D eigenvalue weighted by Crippen LogP contribution is 2.24. The van der Waals surface area contributed by atoms with Crippen molar-refractivity contribution in [2.75, 3.05) is 18.6 Å². The van der Waals surface area contributed by atoms with E-state index in [-0.39, 0.29) is 5.97 Å². The van der Waals surface area contributed by atoms with Gasteiger partial charge in [-0.1, -0.05) is 66.7 Å². The lowest BCUT2D eigenvalue weighted by Crippen LogP contribution is -2.22. The van der Waals surface area contributed by atoms with Gasteiger partial charge in [-0.2, -0.15) is 0 Å². The first-order chi connectivity index (χ1) is 17.1. The number of hydrogen-bond donors (Lipinski definition) is 1. The van der Waals surface area contributed by atoms with Crippen LogP contribution in [0, 0.1) is 0 Å². The van der Waals surface area contributed by atoms with Crippen molar-refractivity contribution in [1.82, 2.24) is 4.98 Å². The van der Waals surface area contributed by atoms with Gasteiger partial charge in [0.2, 0.25) is 0 Å². The topological polar surface area (TPSA) is 54.6 Å². The number of rotatable bonds is 11. The number of carbonyl (C=O) groups is 1. The van der Waals surface area contributed by atoms with Gasteiger partial charge < -0.3 is 19.4 Å². The molecule has 0 radical (unpaired) electrons. The van der Waals surface area contributed by atoms with Gasteiger partial charge in [0, 0.05) is 25.2 Å². The zero-order valence-electron chi connectivity index (χ0n) is 20.4. The first-order valence-corrected chi connectivity index (χ1v) is 12.0. The minimum absolute atomic E-state index is 0.194. The zero-order valence-corrected chi connectivity index (χ0v) is 20.4. The summed E-state index contributed by atoms with van der Waals surface area (Å²) in [4.78, 5) is 17.2. The van der Waals surface area contributed by atoms with Crippen molar-refractivity contribution < 1.29 is 14.3 Å². The number of esters is 1. The van der Waals surface area contributed by atoms with Gasteiger partial charge in [-0.3, -0.25) is 4.79 Å². The highest BCUT2D eigenvalue weighted by Gasteiger charge is 2.09. The van der Waals surface area contributed by atoms with Crippen LogP contribution in [0.15, 0.2) is 91.0 Å². The molecule has 1 N–H and O–H groups in total. The summed E-state index contributed by atoms with van der Waals surface area (Å²) in [7, 11) is 1.41. The van der Waals surface area contributed by atoms with Gasteiger partial charge in [-0.15, -0.1) is 0 Å². The molecule has 1 heterocycles. The maximum atomic E-state index is 11.3. The summed E-state index contributed by atoms with van der Waals surface area (Å²) in [6.45, 7) is 4.43. The molecule has 0 amide bonds. The molecule has 5 heteroatoms. The number of aromatic amines is 1. The standard InChI is InChI=1S/C30H32N2O3/c1-3-32(29-19-18-28(31-29)26-7-5-4-6-8-26)21-24-9-11-25(12-10-24)22-35-27-16-13-23(14-17-27)15-20-30(33)34-2/h4-14,16-19,31H,3,15,20-22H2,1-2H3. The highest BCUT2D eigenvalue weighted by atomic mass is 16.5. The van der Waals surface area contributed by atoms with E-state index in [0.717, 1.165) is 41.5 Å². The number of ether oxygens (including phenoxy) is 2. The predicted molar refractivity (Wildman–Crippen MR) is 141 cm³/mol. The Morgan fingerprint density at radius 3 is 2.20 bits per heavy atom. The second-order valence-electron chi connectivity index (χ2n) is 8.46. The molecule has 4 aromatic rings. The zero-order chi connectivity index (χ0) is 24.5. The van der Waals surface area contributed by atoms with Crippen molar-refractivity contribution >= 4 is 11.8 Å². The fourth-order valence-corrected chi connectivity index (χ4v) is 3.95. The molecule has 0 fully saturated rings. The lowest BCUT2D eigenvalue weighted by molar-refractivity contribution is -0.140. The molecule has 0 aliphatic rings. The monoisotopic (exact) mass is 468 g/mol. The number of methoxy groups -OCH3 is 1. The van der Waals surface area contributed by atoms with Crippen LogP contribution in [-0.4, -0.2) is 24.6 Å². The van der Waals surface area contributed by atoms with E-state index >= 15 is 0 Å². The molecule has 0 spiro atoms. The molecule has 35 heavy (non-hydrogen) atoms. The van der Waals surface area contributed by atoms with Crippen LogP contribution in [0.4, 0.5) is 5.82 Å². The Kier molecular flexibility index (Phi) is 8.23. The Morgan fingerprint density at radius 1 is 0.829 bits per heavy atom. The van der Waals surface area contributed by atoms with Gasteiger partial charge in [-0.25, -0.2) is 0 Å². The van der Waals surface area contributed by atoms with E-state index in [2.05, 4.69) is 77.5 Å². The summed E-state index contributed by atoms with van der Waals surface area (Å²) in [6.07, 6.45) is 1.05.